The number of nitrogens with one attached hydrogen (secondary N) is 2. The lowest BCUT2D eigenvalue weighted by Crippen LogP contribution is -2.15. The number of amides is 1. The van der Waals surface area contributed by atoms with Gasteiger partial charge in [0, 0.05) is 18.2 Å². The van der Waals surface area contributed by atoms with Gasteiger partial charge in [-0.15, -0.1) is 0 Å². The number of nitrogens with zero attached hydrogens (tertiary/aromatic N) is 1. The van der Waals surface area contributed by atoms with Crippen molar-refractivity contribution in [3.05, 3.63) is 32.8 Å². The Bertz CT molecular complexity index is 491. The lowest BCUT2D eigenvalue weighted by atomic mass is 10.1. The molecule has 0 radical (unpaired) electrons. The Labute approximate surface area is 116 Å². The van der Waals surface area contributed by atoms with Gasteiger partial charge in [0.25, 0.3) is 5.69 Å². The summed E-state index contributed by atoms with van der Waals surface area (Å²) in [5.41, 5.74) is 0.954. The highest BCUT2D eigenvalue weighted by Crippen LogP contribution is 2.30. The average Bonchev–Trinajstić information content (AvgIpc) is 2.33. The molecular formula is C12H16ClN3O3. The minimum absolute atomic E-state index is 0.0149. The standard InChI is InChI=1S/C12H16ClN3O3/c1-8-6-11(16(18)19)9(13)7-10(8)15-12(17)4-3-5-14-2/h6-7,14H,3-5H2,1-2H3,(H,15,17). The van der Waals surface area contributed by atoms with Gasteiger partial charge in [-0.25, -0.2) is 0 Å². The average molecular weight is 286 g/mol. The van der Waals surface area contributed by atoms with Crippen molar-refractivity contribution in [1.29, 1.82) is 0 Å². The molecule has 0 aromatic heterocycles. The highest BCUT2D eigenvalue weighted by molar-refractivity contribution is 6.33. The molecule has 0 aliphatic heterocycles. The van der Waals surface area contributed by atoms with Crippen LogP contribution in [0.15, 0.2) is 12.1 Å². The summed E-state index contributed by atoms with van der Waals surface area (Å²) in [7, 11) is 1.82. The number of hydrogen-bond acceptors (Lipinski definition) is 4. The van der Waals surface area contributed by atoms with Crippen LogP contribution >= 0.6 is 11.6 Å². The largest absolute Gasteiger partial charge is 0.326 e. The predicted molar refractivity (Wildman–Crippen MR) is 74.6 cm³/mol. The van der Waals surface area contributed by atoms with Gasteiger partial charge in [0.15, 0.2) is 0 Å². The fraction of sp³-hybridized carbons (Fsp3) is 0.417. The first-order valence-corrected chi connectivity index (χ1v) is 6.22. The van der Waals surface area contributed by atoms with E-state index < -0.39 is 4.92 Å². The maximum absolute atomic E-state index is 11.7. The van der Waals surface area contributed by atoms with Gasteiger partial charge in [-0.2, -0.15) is 0 Å². The van der Waals surface area contributed by atoms with Crippen LogP contribution in [0, 0.1) is 17.0 Å². The van der Waals surface area contributed by atoms with Crippen molar-refractivity contribution in [2.45, 2.75) is 19.8 Å². The van der Waals surface area contributed by atoms with E-state index in [0.29, 0.717) is 17.7 Å². The molecule has 0 fully saturated rings. The SMILES string of the molecule is CNCCCC(=O)Nc1cc(Cl)c([N+](=O)[O-])cc1C. The Balaban J connectivity index is 2.77. The number of aryl methyl sites for hydroxylation is 1. The van der Waals surface area contributed by atoms with Crippen LogP contribution in [0.1, 0.15) is 18.4 Å². The number of anilines is 1. The smallest absolute Gasteiger partial charge is 0.288 e. The molecule has 0 atom stereocenters. The maximum Gasteiger partial charge on any atom is 0.288 e. The Hall–Kier alpha value is -1.66. The number of nitro benzene ring substituents is 1. The molecule has 2 N–H and O–H groups in total. The van der Waals surface area contributed by atoms with Crippen LogP contribution in [-0.2, 0) is 4.79 Å². The molecule has 1 amide bonds. The molecule has 0 aliphatic carbocycles. The van der Waals surface area contributed by atoms with Crippen LogP contribution < -0.4 is 10.6 Å². The van der Waals surface area contributed by atoms with Crippen LogP contribution in [0.25, 0.3) is 0 Å². The van der Waals surface area contributed by atoms with Crippen LogP contribution in [0.5, 0.6) is 0 Å². The number of benzene rings is 1. The van der Waals surface area contributed by atoms with E-state index in [2.05, 4.69) is 10.6 Å². The van der Waals surface area contributed by atoms with Gasteiger partial charge in [-0.05, 0) is 38.6 Å². The molecule has 1 rings (SSSR count). The summed E-state index contributed by atoms with van der Waals surface area (Å²) >= 11 is 5.80. The molecule has 1 aromatic rings. The lowest BCUT2D eigenvalue weighted by Gasteiger charge is -2.09. The summed E-state index contributed by atoms with van der Waals surface area (Å²) in [6.45, 7) is 2.44. The summed E-state index contributed by atoms with van der Waals surface area (Å²) in [5.74, 6) is -0.136. The van der Waals surface area contributed by atoms with E-state index in [0.717, 1.165) is 13.0 Å². The monoisotopic (exact) mass is 285 g/mol. The molecule has 7 heteroatoms. The molecule has 0 unspecified atom stereocenters. The first-order chi connectivity index (χ1) is 8.95. The summed E-state index contributed by atoms with van der Waals surface area (Å²) in [6, 6.07) is 2.76. The second-order valence-corrected chi connectivity index (χ2v) is 4.54. The molecular weight excluding hydrogens is 270 g/mol. The zero-order valence-electron chi connectivity index (χ0n) is 10.8. The first-order valence-electron chi connectivity index (χ1n) is 5.84. The van der Waals surface area contributed by atoms with Crippen LogP contribution in [-0.4, -0.2) is 24.4 Å². The van der Waals surface area contributed by atoms with E-state index in [1.165, 1.54) is 12.1 Å². The molecule has 0 aliphatic rings. The van der Waals surface area contributed by atoms with Crippen molar-refractivity contribution < 1.29 is 9.72 Å². The number of nitro groups is 1. The minimum atomic E-state index is -0.548. The molecule has 104 valence electrons. The Morgan fingerprint density at radius 1 is 1.47 bits per heavy atom. The predicted octanol–water partition coefficient (Wildman–Crippen LogP) is 2.49. The number of carbonyl (C=O) groups is 1. The Morgan fingerprint density at radius 3 is 2.74 bits per heavy atom. The number of carbonyl (C=O) groups excluding carboxylic acids is 1. The molecule has 6 nitrogen and oxygen atoms in total. The topological polar surface area (TPSA) is 84.3 Å². The van der Waals surface area contributed by atoms with Crippen molar-refractivity contribution >= 4 is 28.9 Å². The van der Waals surface area contributed by atoms with Gasteiger partial charge in [0.1, 0.15) is 5.02 Å². The van der Waals surface area contributed by atoms with Crippen molar-refractivity contribution in [3.63, 3.8) is 0 Å². The summed E-state index contributed by atoms with van der Waals surface area (Å²) < 4.78 is 0. The molecule has 0 spiro atoms. The van der Waals surface area contributed by atoms with Crippen molar-refractivity contribution in [2.24, 2.45) is 0 Å². The van der Waals surface area contributed by atoms with Crippen LogP contribution in [0.3, 0.4) is 0 Å². The third kappa shape index (κ3) is 4.50. The van der Waals surface area contributed by atoms with E-state index in [-0.39, 0.29) is 16.6 Å². The fourth-order valence-corrected chi connectivity index (χ4v) is 1.81. The first kappa shape index (κ1) is 15.4. The van der Waals surface area contributed by atoms with E-state index >= 15 is 0 Å². The zero-order valence-corrected chi connectivity index (χ0v) is 11.6. The molecule has 0 heterocycles. The van der Waals surface area contributed by atoms with Crippen molar-refractivity contribution in [3.8, 4) is 0 Å². The molecule has 19 heavy (non-hydrogen) atoms. The molecule has 0 saturated carbocycles. The number of hydrogen-bond donors (Lipinski definition) is 2. The van der Waals surface area contributed by atoms with Gasteiger partial charge >= 0.3 is 0 Å². The van der Waals surface area contributed by atoms with Crippen LogP contribution in [0.2, 0.25) is 5.02 Å². The molecule has 1 aromatic carbocycles. The van der Waals surface area contributed by atoms with E-state index in [9.17, 15) is 14.9 Å². The number of halogens is 1. The van der Waals surface area contributed by atoms with Gasteiger partial charge < -0.3 is 10.6 Å². The van der Waals surface area contributed by atoms with Gasteiger partial charge in [0.05, 0.1) is 4.92 Å². The lowest BCUT2D eigenvalue weighted by molar-refractivity contribution is -0.384. The maximum atomic E-state index is 11.7. The normalized spacial score (nSPS) is 10.3. The quantitative estimate of drug-likeness (QED) is 0.478. The third-order valence-electron chi connectivity index (χ3n) is 2.60. The molecule has 0 saturated heterocycles. The summed E-state index contributed by atoms with van der Waals surface area (Å²) in [5, 5.41) is 16.4. The summed E-state index contributed by atoms with van der Waals surface area (Å²) in [6.07, 6.45) is 1.11. The molecule has 0 bridgehead atoms. The van der Waals surface area contributed by atoms with E-state index in [1.54, 1.807) is 6.92 Å². The van der Waals surface area contributed by atoms with Gasteiger partial charge in [-0.1, -0.05) is 11.6 Å². The fourth-order valence-electron chi connectivity index (χ4n) is 1.58. The van der Waals surface area contributed by atoms with E-state index in [1.807, 2.05) is 7.05 Å². The van der Waals surface area contributed by atoms with Crippen molar-refractivity contribution in [2.75, 3.05) is 18.9 Å². The second-order valence-electron chi connectivity index (χ2n) is 4.13. The third-order valence-corrected chi connectivity index (χ3v) is 2.90. The highest BCUT2D eigenvalue weighted by Gasteiger charge is 2.15. The van der Waals surface area contributed by atoms with Crippen LogP contribution in [0.4, 0.5) is 11.4 Å². The Morgan fingerprint density at radius 2 is 2.16 bits per heavy atom. The Kier molecular flexibility index (Phi) is 5.72. The van der Waals surface area contributed by atoms with Gasteiger partial charge in [0.2, 0.25) is 5.91 Å². The zero-order chi connectivity index (χ0) is 14.4. The number of rotatable bonds is 6. The minimum Gasteiger partial charge on any atom is -0.326 e. The second kappa shape index (κ2) is 7.06. The van der Waals surface area contributed by atoms with Crippen molar-refractivity contribution in [1.82, 2.24) is 5.32 Å². The highest BCUT2D eigenvalue weighted by atomic mass is 35.5. The summed E-state index contributed by atoms with van der Waals surface area (Å²) in [4.78, 5) is 21.8. The van der Waals surface area contributed by atoms with E-state index in [4.69, 9.17) is 11.6 Å². The van der Waals surface area contributed by atoms with Gasteiger partial charge in [-0.3, -0.25) is 14.9 Å².